The van der Waals surface area contributed by atoms with Crippen LogP contribution in [0.5, 0.6) is 0 Å². The molecule has 0 N–H and O–H groups in total. The second kappa shape index (κ2) is 13.0. The van der Waals surface area contributed by atoms with Crippen molar-refractivity contribution in [2.45, 2.75) is 44.4 Å². The van der Waals surface area contributed by atoms with Crippen LogP contribution in [0.25, 0.3) is 22.1 Å². The minimum atomic E-state index is -0.236. The molecule has 0 atom stereocenters. The van der Waals surface area contributed by atoms with E-state index in [4.69, 9.17) is 4.98 Å². The van der Waals surface area contributed by atoms with Crippen LogP contribution in [0.2, 0.25) is 0 Å². The summed E-state index contributed by atoms with van der Waals surface area (Å²) < 4.78 is 16.6. The molecule has 1 aliphatic rings. The molecule has 0 unspecified atom stereocenters. The van der Waals surface area contributed by atoms with Gasteiger partial charge in [0.05, 0.1) is 12.1 Å². The molecule has 1 amide bonds. The highest BCUT2D eigenvalue weighted by Crippen LogP contribution is 2.29. The third-order valence-corrected chi connectivity index (χ3v) is 8.80. The average Bonchev–Trinajstić information content (AvgIpc) is 3.30. The first-order chi connectivity index (χ1) is 20.5. The lowest BCUT2D eigenvalue weighted by Crippen LogP contribution is -2.48. The van der Waals surface area contributed by atoms with Crippen LogP contribution in [0.3, 0.4) is 0 Å². The number of aryl methyl sites for hydroxylation is 1. The fraction of sp³-hybridized carbons (Fsp3) is 0.333. The molecular weight excluding hydrogens is 547 g/mol. The molecule has 1 aliphatic heterocycles. The third kappa shape index (κ3) is 6.47. The number of thioether (sulfide) groups is 1. The van der Waals surface area contributed by atoms with Gasteiger partial charge in [-0.15, -0.1) is 10.2 Å². The fourth-order valence-corrected chi connectivity index (χ4v) is 6.35. The van der Waals surface area contributed by atoms with Gasteiger partial charge in [0.2, 0.25) is 11.1 Å². The SMILES string of the molecule is Cc1ccc2c(c1)c1nnc(SCCCCC(=O)N3CCN(Cc4ccccc4)CC3)nc1n2Cc1ccccc1F. The topological polar surface area (TPSA) is 67.2 Å². The molecule has 42 heavy (non-hydrogen) atoms. The molecule has 6 rings (SSSR count). The van der Waals surface area contributed by atoms with E-state index in [0.29, 0.717) is 29.3 Å². The molecule has 3 aromatic carbocycles. The summed E-state index contributed by atoms with van der Waals surface area (Å²) in [6, 6.07) is 23.5. The summed E-state index contributed by atoms with van der Waals surface area (Å²) in [6.45, 7) is 6.75. The van der Waals surface area contributed by atoms with Gasteiger partial charge >= 0.3 is 0 Å². The van der Waals surface area contributed by atoms with Crippen LogP contribution in [0.4, 0.5) is 4.39 Å². The van der Waals surface area contributed by atoms with Crippen molar-refractivity contribution in [3.63, 3.8) is 0 Å². The van der Waals surface area contributed by atoms with Crippen molar-refractivity contribution in [1.82, 2.24) is 29.5 Å². The summed E-state index contributed by atoms with van der Waals surface area (Å²) in [7, 11) is 0. The number of carbonyl (C=O) groups excluding carboxylic acids is 1. The molecule has 2 aromatic heterocycles. The summed E-state index contributed by atoms with van der Waals surface area (Å²) in [5.41, 5.74) is 5.43. The van der Waals surface area contributed by atoms with Crippen LogP contribution >= 0.6 is 11.8 Å². The molecule has 0 aliphatic carbocycles. The second-order valence-electron chi connectivity index (χ2n) is 10.9. The number of benzene rings is 3. The average molecular weight is 583 g/mol. The van der Waals surface area contributed by atoms with Crippen LogP contribution in [0.15, 0.2) is 78.0 Å². The number of amides is 1. The van der Waals surface area contributed by atoms with E-state index < -0.39 is 0 Å². The molecule has 216 valence electrons. The Hall–Kier alpha value is -3.82. The summed E-state index contributed by atoms with van der Waals surface area (Å²) in [5.74, 6) is 0.810. The maximum Gasteiger partial charge on any atom is 0.222 e. The zero-order valence-corrected chi connectivity index (χ0v) is 24.7. The molecule has 3 heterocycles. The normalized spacial score (nSPS) is 14.2. The number of fused-ring (bicyclic) bond motifs is 3. The minimum absolute atomic E-state index is 0.236. The number of piperazine rings is 1. The van der Waals surface area contributed by atoms with E-state index in [9.17, 15) is 9.18 Å². The molecule has 9 heteroatoms. The number of nitrogens with zero attached hydrogens (tertiary/aromatic N) is 6. The van der Waals surface area contributed by atoms with Gasteiger partial charge in [-0.25, -0.2) is 9.37 Å². The van der Waals surface area contributed by atoms with Gasteiger partial charge in [-0.1, -0.05) is 71.9 Å². The van der Waals surface area contributed by atoms with Crippen LogP contribution in [-0.2, 0) is 17.9 Å². The van der Waals surface area contributed by atoms with Gasteiger partial charge in [0.1, 0.15) is 11.3 Å². The lowest BCUT2D eigenvalue weighted by molar-refractivity contribution is -0.133. The summed E-state index contributed by atoms with van der Waals surface area (Å²) in [4.78, 5) is 22.1. The monoisotopic (exact) mass is 582 g/mol. The van der Waals surface area contributed by atoms with Crippen molar-refractivity contribution in [3.05, 3.63) is 95.3 Å². The molecular formula is C33H35FN6OS. The van der Waals surface area contributed by atoms with Crippen LogP contribution in [0.1, 0.15) is 36.0 Å². The van der Waals surface area contributed by atoms with Gasteiger partial charge in [-0.05, 0) is 43.5 Å². The van der Waals surface area contributed by atoms with Crippen LogP contribution < -0.4 is 0 Å². The first-order valence-corrected chi connectivity index (χ1v) is 15.6. The van der Waals surface area contributed by atoms with Gasteiger partial charge in [0.25, 0.3) is 0 Å². The van der Waals surface area contributed by atoms with Crippen molar-refractivity contribution in [2.24, 2.45) is 0 Å². The molecule has 1 fully saturated rings. The zero-order chi connectivity index (χ0) is 28.9. The Kier molecular flexibility index (Phi) is 8.76. The Morgan fingerprint density at radius 3 is 2.50 bits per heavy atom. The predicted octanol–water partition coefficient (Wildman–Crippen LogP) is 6.08. The summed E-state index contributed by atoms with van der Waals surface area (Å²) in [6.07, 6.45) is 2.29. The summed E-state index contributed by atoms with van der Waals surface area (Å²) in [5, 5.41) is 10.5. The summed E-state index contributed by atoms with van der Waals surface area (Å²) >= 11 is 1.55. The Labute approximate surface area is 249 Å². The van der Waals surface area contributed by atoms with Crippen molar-refractivity contribution in [2.75, 3.05) is 31.9 Å². The fourth-order valence-electron chi connectivity index (χ4n) is 5.57. The third-order valence-electron chi connectivity index (χ3n) is 7.88. The van der Waals surface area contributed by atoms with Gasteiger partial charge < -0.3 is 9.47 Å². The molecule has 0 saturated carbocycles. The Bertz CT molecular complexity index is 1680. The Morgan fingerprint density at radius 1 is 0.905 bits per heavy atom. The number of hydrogen-bond donors (Lipinski definition) is 0. The van der Waals surface area contributed by atoms with Crippen molar-refractivity contribution >= 4 is 39.7 Å². The van der Waals surface area contributed by atoms with Gasteiger partial charge in [0.15, 0.2) is 5.65 Å². The Morgan fingerprint density at radius 2 is 1.69 bits per heavy atom. The van der Waals surface area contributed by atoms with Gasteiger partial charge in [0, 0.05) is 55.8 Å². The van der Waals surface area contributed by atoms with Crippen molar-refractivity contribution in [3.8, 4) is 0 Å². The first-order valence-electron chi connectivity index (χ1n) is 14.6. The second-order valence-corrected chi connectivity index (χ2v) is 12.0. The number of unbranched alkanes of at least 4 members (excludes halogenated alkanes) is 1. The van der Waals surface area contributed by atoms with E-state index in [1.807, 2.05) is 40.7 Å². The smallest absolute Gasteiger partial charge is 0.222 e. The molecule has 5 aromatic rings. The number of rotatable bonds is 10. The maximum atomic E-state index is 14.5. The molecule has 7 nitrogen and oxygen atoms in total. The lowest BCUT2D eigenvalue weighted by Gasteiger charge is -2.34. The highest BCUT2D eigenvalue weighted by Gasteiger charge is 2.21. The van der Waals surface area contributed by atoms with E-state index in [1.165, 1.54) is 11.6 Å². The van der Waals surface area contributed by atoms with E-state index in [1.54, 1.807) is 23.9 Å². The zero-order valence-electron chi connectivity index (χ0n) is 23.9. The Balaban J connectivity index is 1.03. The molecule has 1 saturated heterocycles. The quantitative estimate of drug-likeness (QED) is 0.147. The highest BCUT2D eigenvalue weighted by molar-refractivity contribution is 7.99. The highest BCUT2D eigenvalue weighted by atomic mass is 32.2. The standard InChI is InChI=1S/C33H35FN6OS/c1-24-14-15-29-27(21-24)31-32(40(29)23-26-11-5-6-12-28(26)34)35-33(37-36-31)42-20-8-7-13-30(41)39-18-16-38(17-19-39)22-25-9-3-2-4-10-25/h2-6,9-12,14-15,21H,7-8,13,16-20,22-23H2,1H3. The first kappa shape index (κ1) is 28.3. The number of hydrogen-bond acceptors (Lipinski definition) is 6. The molecule has 0 spiro atoms. The molecule has 0 radical (unpaired) electrons. The van der Waals surface area contributed by atoms with Crippen molar-refractivity contribution in [1.29, 1.82) is 0 Å². The number of aromatic nitrogens is 4. The maximum absolute atomic E-state index is 14.5. The van der Waals surface area contributed by atoms with Crippen molar-refractivity contribution < 1.29 is 9.18 Å². The minimum Gasteiger partial charge on any atom is -0.340 e. The van der Waals surface area contributed by atoms with E-state index in [0.717, 1.165) is 73.3 Å². The van der Waals surface area contributed by atoms with Gasteiger partial charge in [-0.2, -0.15) is 0 Å². The predicted molar refractivity (Wildman–Crippen MR) is 166 cm³/mol. The van der Waals surface area contributed by atoms with E-state index >= 15 is 0 Å². The van der Waals surface area contributed by atoms with Crippen LogP contribution in [-0.4, -0.2) is 67.4 Å². The number of carbonyl (C=O) groups is 1. The van der Waals surface area contributed by atoms with E-state index in [2.05, 4.69) is 45.4 Å². The molecule has 0 bridgehead atoms. The lowest BCUT2D eigenvalue weighted by atomic mass is 10.1. The van der Waals surface area contributed by atoms with Gasteiger partial charge in [-0.3, -0.25) is 9.69 Å². The largest absolute Gasteiger partial charge is 0.340 e. The number of halogens is 1. The van der Waals surface area contributed by atoms with E-state index in [-0.39, 0.29) is 11.7 Å². The van der Waals surface area contributed by atoms with Crippen LogP contribution in [0, 0.1) is 12.7 Å².